The zero-order valence-corrected chi connectivity index (χ0v) is 12.2. The summed E-state index contributed by atoms with van der Waals surface area (Å²) in [6.07, 6.45) is 1.63. The molecule has 104 valence electrons. The summed E-state index contributed by atoms with van der Waals surface area (Å²) in [5.74, 6) is -0.107. The molecule has 0 saturated carbocycles. The van der Waals surface area contributed by atoms with Crippen LogP contribution in [0, 0.1) is 12.3 Å². The molecule has 2 rings (SSSR count). The van der Waals surface area contributed by atoms with Gasteiger partial charge in [-0.05, 0) is 45.2 Å². The van der Waals surface area contributed by atoms with Crippen LogP contribution in [0.1, 0.15) is 31.7 Å². The van der Waals surface area contributed by atoms with Crippen LogP contribution in [-0.4, -0.2) is 34.1 Å². The zero-order valence-electron chi connectivity index (χ0n) is 11.4. The fourth-order valence-electron chi connectivity index (χ4n) is 2.27. The maximum absolute atomic E-state index is 12.5. The summed E-state index contributed by atoms with van der Waals surface area (Å²) in [4.78, 5) is 22.5. The van der Waals surface area contributed by atoms with Crippen molar-refractivity contribution in [3.63, 3.8) is 0 Å². The number of hydrogen-bond acceptors (Lipinski definition) is 4. The van der Waals surface area contributed by atoms with Crippen molar-refractivity contribution < 1.29 is 9.90 Å². The molecule has 0 radical (unpaired) electrons. The Balaban J connectivity index is 2.46. The van der Waals surface area contributed by atoms with Crippen LogP contribution in [-0.2, 0) is 11.2 Å². The molecular formula is C13H18ClN3O2. The second-order valence-electron chi connectivity index (χ2n) is 5.48. The van der Waals surface area contributed by atoms with E-state index >= 15 is 0 Å². The maximum atomic E-state index is 12.5. The molecule has 6 heteroatoms. The Kier molecular flexibility index (Phi) is 3.78. The number of carbonyl (C=O) groups excluding carboxylic acids is 1. The van der Waals surface area contributed by atoms with E-state index in [1.54, 1.807) is 18.7 Å². The molecule has 1 aliphatic rings. The van der Waals surface area contributed by atoms with Gasteiger partial charge in [-0.3, -0.25) is 4.79 Å². The topological polar surface area (TPSA) is 66.3 Å². The van der Waals surface area contributed by atoms with E-state index in [0.717, 1.165) is 24.2 Å². The van der Waals surface area contributed by atoms with E-state index in [1.807, 2.05) is 6.92 Å². The zero-order chi connectivity index (χ0) is 14.2. The van der Waals surface area contributed by atoms with Gasteiger partial charge >= 0.3 is 0 Å². The molecule has 19 heavy (non-hydrogen) atoms. The lowest BCUT2D eigenvalue weighted by molar-refractivity contribution is -0.128. The molecule has 1 aliphatic heterocycles. The number of hydrogen-bond donors (Lipinski definition) is 1. The van der Waals surface area contributed by atoms with Crippen LogP contribution in [0.5, 0.6) is 0 Å². The lowest BCUT2D eigenvalue weighted by atomic mass is 9.91. The van der Waals surface area contributed by atoms with Crippen molar-refractivity contribution in [3.8, 4) is 0 Å². The highest BCUT2D eigenvalue weighted by atomic mass is 35.5. The minimum absolute atomic E-state index is 0.107. The number of aliphatic hydroxyl groups excluding tert-OH is 1. The number of fused-ring (bicyclic) bond motifs is 1. The van der Waals surface area contributed by atoms with E-state index in [-0.39, 0.29) is 17.8 Å². The summed E-state index contributed by atoms with van der Waals surface area (Å²) in [6, 6.07) is 0. The predicted octanol–water partition coefficient (Wildman–Crippen LogP) is 1.74. The first kappa shape index (κ1) is 14.2. The minimum Gasteiger partial charge on any atom is -0.395 e. The normalized spacial score (nSPS) is 15.3. The number of aromatic nitrogens is 2. The highest BCUT2D eigenvalue weighted by molar-refractivity contribution is 6.28. The van der Waals surface area contributed by atoms with Crippen molar-refractivity contribution in [2.75, 3.05) is 18.1 Å². The first-order valence-electron chi connectivity index (χ1n) is 6.32. The van der Waals surface area contributed by atoms with Gasteiger partial charge in [0.2, 0.25) is 11.2 Å². The standard InChI is InChI=1S/C13H18ClN3O2/c1-8-10-9(16-12(14)15-8)5-4-6-17(10)11(19)13(2,3)7-18/h18H,4-7H2,1-3H3. The monoisotopic (exact) mass is 283 g/mol. The molecular weight excluding hydrogens is 266 g/mol. The summed E-state index contributed by atoms with van der Waals surface area (Å²) >= 11 is 5.86. The SMILES string of the molecule is Cc1nc(Cl)nc2c1N(C(=O)C(C)(C)CO)CCC2. The van der Waals surface area contributed by atoms with Gasteiger partial charge in [0.15, 0.2) is 0 Å². The molecule has 0 aliphatic carbocycles. The lowest BCUT2D eigenvalue weighted by Crippen LogP contribution is -2.46. The summed E-state index contributed by atoms with van der Waals surface area (Å²) in [6.45, 7) is 5.72. The Bertz CT molecular complexity index is 517. The van der Waals surface area contributed by atoms with Crippen LogP contribution in [0.25, 0.3) is 0 Å². The van der Waals surface area contributed by atoms with Crippen LogP contribution < -0.4 is 4.90 Å². The first-order chi connectivity index (χ1) is 8.86. The number of nitrogens with zero attached hydrogens (tertiary/aromatic N) is 3. The highest BCUT2D eigenvalue weighted by Gasteiger charge is 2.35. The van der Waals surface area contributed by atoms with E-state index in [0.29, 0.717) is 12.2 Å². The van der Waals surface area contributed by atoms with E-state index in [1.165, 1.54) is 0 Å². The van der Waals surface area contributed by atoms with Crippen LogP contribution in [0.3, 0.4) is 0 Å². The Labute approximate surface area is 117 Å². The Morgan fingerprint density at radius 1 is 1.47 bits per heavy atom. The molecule has 1 N–H and O–H groups in total. The average molecular weight is 284 g/mol. The van der Waals surface area contributed by atoms with Crippen LogP contribution in [0.2, 0.25) is 5.28 Å². The molecule has 1 amide bonds. The van der Waals surface area contributed by atoms with Gasteiger partial charge in [-0.25, -0.2) is 9.97 Å². The fourth-order valence-corrected chi connectivity index (χ4v) is 2.50. The molecule has 0 fully saturated rings. The van der Waals surface area contributed by atoms with Crippen LogP contribution in [0.4, 0.5) is 5.69 Å². The van der Waals surface area contributed by atoms with Gasteiger partial charge in [0, 0.05) is 6.54 Å². The molecule has 0 unspecified atom stereocenters. The lowest BCUT2D eigenvalue weighted by Gasteiger charge is -2.35. The highest BCUT2D eigenvalue weighted by Crippen LogP contribution is 2.32. The van der Waals surface area contributed by atoms with Crippen molar-refractivity contribution in [3.05, 3.63) is 16.7 Å². The average Bonchev–Trinajstić information content (AvgIpc) is 2.36. The van der Waals surface area contributed by atoms with Crippen molar-refractivity contribution in [1.29, 1.82) is 0 Å². The number of aliphatic hydroxyl groups is 1. The second-order valence-corrected chi connectivity index (χ2v) is 5.81. The van der Waals surface area contributed by atoms with Gasteiger partial charge in [-0.15, -0.1) is 0 Å². The Morgan fingerprint density at radius 3 is 2.79 bits per heavy atom. The van der Waals surface area contributed by atoms with E-state index in [4.69, 9.17) is 11.6 Å². The first-order valence-corrected chi connectivity index (χ1v) is 6.70. The van der Waals surface area contributed by atoms with Crippen molar-refractivity contribution in [2.24, 2.45) is 5.41 Å². The largest absolute Gasteiger partial charge is 0.395 e. The second kappa shape index (κ2) is 5.06. The predicted molar refractivity (Wildman–Crippen MR) is 73.3 cm³/mol. The fraction of sp³-hybridized carbons (Fsp3) is 0.615. The van der Waals surface area contributed by atoms with Crippen molar-refractivity contribution >= 4 is 23.2 Å². The smallest absolute Gasteiger partial charge is 0.235 e. The maximum Gasteiger partial charge on any atom is 0.235 e. The van der Waals surface area contributed by atoms with E-state index in [9.17, 15) is 9.90 Å². The number of carbonyl (C=O) groups is 1. The third-order valence-electron chi connectivity index (χ3n) is 3.39. The molecule has 0 spiro atoms. The number of halogens is 1. The van der Waals surface area contributed by atoms with E-state index < -0.39 is 5.41 Å². The molecule has 1 aromatic heterocycles. The quantitative estimate of drug-likeness (QED) is 0.840. The Hall–Kier alpha value is -1.20. The van der Waals surface area contributed by atoms with E-state index in [2.05, 4.69) is 9.97 Å². The molecule has 0 saturated heterocycles. The summed E-state index contributed by atoms with van der Waals surface area (Å²) in [5.41, 5.74) is 1.46. The molecule has 1 aromatic rings. The number of rotatable bonds is 2. The minimum atomic E-state index is -0.805. The third-order valence-corrected chi connectivity index (χ3v) is 3.56. The number of aryl methyl sites for hydroxylation is 2. The van der Waals surface area contributed by atoms with Gasteiger partial charge < -0.3 is 10.0 Å². The van der Waals surface area contributed by atoms with Gasteiger partial charge in [0.25, 0.3) is 0 Å². The molecule has 0 atom stereocenters. The van der Waals surface area contributed by atoms with Crippen LogP contribution >= 0.6 is 11.6 Å². The molecule has 0 aromatic carbocycles. The van der Waals surface area contributed by atoms with Gasteiger partial charge in [0.05, 0.1) is 29.1 Å². The molecule has 0 bridgehead atoms. The third kappa shape index (κ3) is 2.58. The number of anilines is 1. The Morgan fingerprint density at radius 2 is 2.16 bits per heavy atom. The van der Waals surface area contributed by atoms with Gasteiger partial charge in [-0.1, -0.05) is 0 Å². The van der Waals surface area contributed by atoms with Gasteiger partial charge in [0.1, 0.15) is 0 Å². The molecule has 2 heterocycles. The number of amides is 1. The molecule has 5 nitrogen and oxygen atoms in total. The van der Waals surface area contributed by atoms with Crippen molar-refractivity contribution in [1.82, 2.24) is 9.97 Å². The van der Waals surface area contributed by atoms with Crippen molar-refractivity contribution in [2.45, 2.75) is 33.6 Å². The van der Waals surface area contributed by atoms with Crippen LogP contribution in [0.15, 0.2) is 0 Å². The summed E-state index contributed by atoms with van der Waals surface area (Å²) < 4.78 is 0. The summed E-state index contributed by atoms with van der Waals surface area (Å²) in [5, 5.41) is 9.57. The summed E-state index contributed by atoms with van der Waals surface area (Å²) in [7, 11) is 0. The van der Waals surface area contributed by atoms with Gasteiger partial charge in [-0.2, -0.15) is 0 Å².